The number of hydrogen-bond acceptors (Lipinski definition) is 1. The highest BCUT2D eigenvalue weighted by molar-refractivity contribution is 7.80. The van der Waals surface area contributed by atoms with Crippen LogP contribution in [0.4, 0.5) is 5.69 Å². The van der Waals surface area contributed by atoms with Crippen LogP contribution in [0.1, 0.15) is 41.6 Å². The van der Waals surface area contributed by atoms with Crippen molar-refractivity contribution in [1.82, 2.24) is 5.32 Å². The predicted molar refractivity (Wildman–Crippen MR) is 99.5 cm³/mol. The largest absolute Gasteiger partial charge is 0.356 e. The third kappa shape index (κ3) is 4.08. The molecule has 0 radical (unpaired) electrons. The van der Waals surface area contributed by atoms with Gasteiger partial charge in [-0.3, -0.25) is 0 Å². The lowest BCUT2D eigenvalue weighted by Gasteiger charge is -2.22. The first-order valence-corrected chi connectivity index (χ1v) is 8.12. The summed E-state index contributed by atoms with van der Waals surface area (Å²) in [4.78, 5) is 0. The van der Waals surface area contributed by atoms with Crippen LogP contribution in [0.15, 0.2) is 42.5 Å². The van der Waals surface area contributed by atoms with E-state index in [0.717, 1.165) is 12.1 Å². The molecule has 2 N–H and O–H groups in total. The third-order valence-corrected chi connectivity index (χ3v) is 4.14. The van der Waals surface area contributed by atoms with Crippen LogP contribution in [-0.2, 0) is 0 Å². The molecule has 1 atom stereocenters. The molecule has 2 aromatic rings. The average Bonchev–Trinajstić information content (AvgIpc) is 2.49. The van der Waals surface area contributed by atoms with Crippen molar-refractivity contribution in [3.63, 3.8) is 0 Å². The molecule has 0 fully saturated rings. The Morgan fingerprint density at radius 3 is 2.45 bits per heavy atom. The van der Waals surface area contributed by atoms with Gasteiger partial charge in [0.05, 0.1) is 6.04 Å². The number of hydrogen-bond donors (Lipinski definition) is 2. The maximum absolute atomic E-state index is 5.50. The zero-order valence-corrected chi connectivity index (χ0v) is 14.6. The first-order chi connectivity index (χ1) is 10.5. The normalized spacial score (nSPS) is 11.8. The molecule has 0 heterocycles. The third-order valence-electron chi connectivity index (χ3n) is 3.92. The van der Waals surface area contributed by atoms with Gasteiger partial charge < -0.3 is 10.6 Å². The molecule has 0 spiro atoms. The van der Waals surface area contributed by atoms with Gasteiger partial charge in [-0.2, -0.15) is 0 Å². The summed E-state index contributed by atoms with van der Waals surface area (Å²) in [6, 6.07) is 15.0. The monoisotopic (exact) mass is 312 g/mol. The van der Waals surface area contributed by atoms with Crippen molar-refractivity contribution in [3.05, 3.63) is 64.7 Å². The summed E-state index contributed by atoms with van der Waals surface area (Å²) in [5.74, 6) is 0. The van der Waals surface area contributed by atoms with E-state index >= 15 is 0 Å². The second-order valence-electron chi connectivity index (χ2n) is 5.73. The summed E-state index contributed by atoms with van der Waals surface area (Å²) in [7, 11) is 0. The molecular weight excluding hydrogens is 288 g/mol. The van der Waals surface area contributed by atoms with Crippen molar-refractivity contribution in [1.29, 1.82) is 0 Å². The van der Waals surface area contributed by atoms with Gasteiger partial charge in [-0.05, 0) is 67.7 Å². The van der Waals surface area contributed by atoms with Gasteiger partial charge >= 0.3 is 0 Å². The minimum atomic E-state index is 0.228. The molecule has 0 unspecified atom stereocenters. The Bertz CT molecular complexity index is 664. The van der Waals surface area contributed by atoms with Crippen molar-refractivity contribution in [2.75, 3.05) is 5.32 Å². The second-order valence-corrected chi connectivity index (χ2v) is 6.14. The number of thiocarbonyl (C=S) groups is 1. The van der Waals surface area contributed by atoms with Gasteiger partial charge in [0.15, 0.2) is 5.11 Å². The molecule has 3 heteroatoms. The zero-order valence-electron chi connectivity index (χ0n) is 13.7. The van der Waals surface area contributed by atoms with E-state index in [4.69, 9.17) is 12.2 Å². The van der Waals surface area contributed by atoms with E-state index in [1.807, 2.05) is 0 Å². The Hall–Kier alpha value is -1.87. The first-order valence-electron chi connectivity index (χ1n) is 7.71. The van der Waals surface area contributed by atoms with Crippen molar-refractivity contribution < 1.29 is 0 Å². The first kappa shape index (κ1) is 16.5. The van der Waals surface area contributed by atoms with Crippen molar-refractivity contribution in [3.8, 4) is 0 Å². The van der Waals surface area contributed by atoms with Crippen molar-refractivity contribution >= 4 is 23.0 Å². The summed E-state index contributed by atoms with van der Waals surface area (Å²) in [5.41, 5.74) is 6.07. The van der Waals surface area contributed by atoms with Crippen LogP contribution in [-0.4, -0.2) is 5.11 Å². The van der Waals surface area contributed by atoms with Crippen LogP contribution in [0, 0.1) is 20.8 Å². The van der Waals surface area contributed by atoms with E-state index in [2.05, 4.69) is 80.8 Å². The van der Waals surface area contributed by atoms with Crippen LogP contribution >= 0.6 is 12.2 Å². The molecule has 0 amide bonds. The van der Waals surface area contributed by atoms with Crippen LogP contribution in [0.5, 0.6) is 0 Å². The summed E-state index contributed by atoms with van der Waals surface area (Å²) >= 11 is 5.50. The van der Waals surface area contributed by atoms with E-state index < -0.39 is 0 Å². The SMILES string of the molecule is CC[C@@H](NC(=S)Nc1cc(C)ccc1C)c1ccccc1C. The molecule has 0 saturated carbocycles. The Kier molecular flexibility index (Phi) is 5.56. The molecule has 2 nitrogen and oxygen atoms in total. The van der Waals surface area contributed by atoms with Gasteiger partial charge in [-0.15, -0.1) is 0 Å². The molecule has 0 aliphatic rings. The lowest BCUT2D eigenvalue weighted by molar-refractivity contribution is 0.625. The molecule has 2 rings (SSSR count). The van der Waals surface area contributed by atoms with Gasteiger partial charge in [0.2, 0.25) is 0 Å². The van der Waals surface area contributed by atoms with Crippen LogP contribution in [0.25, 0.3) is 0 Å². The van der Waals surface area contributed by atoms with Crippen LogP contribution in [0.3, 0.4) is 0 Å². The molecule has 22 heavy (non-hydrogen) atoms. The minimum absolute atomic E-state index is 0.228. The zero-order chi connectivity index (χ0) is 16.1. The minimum Gasteiger partial charge on any atom is -0.356 e. The number of nitrogens with one attached hydrogen (secondary N) is 2. The number of anilines is 1. The van der Waals surface area contributed by atoms with Crippen molar-refractivity contribution in [2.45, 2.75) is 40.2 Å². The molecule has 2 aromatic carbocycles. The Balaban J connectivity index is 2.10. The van der Waals surface area contributed by atoms with Crippen LogP contribution in [0.2, 0.25) is 0 Å². The topological polar surface area (TPSA) is 24.1 Å². The van der Waals surface area contributed by atoms with E-state index in [1.54, 1.807) is 0 Å². The Morgan fingerprint density at radius 2 is 1.77 bits per heavy atom. The molecule has 0 aliphatic heterocycles. The van der Waals surface area contributed by atoms with Gasteiger partial charge in [0, 0.05) is 5.69 Å². The van der Waals surface area contributed by atoms with Crippen LogP contribution < -0.4 is 10.6 Å². The van der Waals surface area contributed by atoms with Crippen molar-refractivity contribution in [2.24, 2.45) is 0 Å². The quantitative estimate of drug-likeness (QED) is 0.773. The molecule has 116 valence electrons. The highest BCUT2D eigenvalue weighted by Gasteiger charge is 2.13. The Labute approximate surface area is 139 Å². The van der Waals surface area contributed by atoms with E-state index in [1.165, 1.54) is 22.3 Å². The fraction of sp³-hybridized carbons (Fsp3) is 0.316. The second kappa shape index (κ2) is 7.41. The standard InChI is InChI=1S/C19H24N2S/c1-5-17(16-9-7-6-8-14(16)3)20-19(22)21-18-12-13(2)10-11-15(18)4/h6-12,17H,5H2,1-4H3,(H2,20,21,22)/t17-/m1/s1. The molecule has 0 saturated heterocycles. The molecular formula is C19H24N2S. The molecule has 0 aliphatic carbocycles. The molecule has 0 aromatic heterocycles. The fourth-order valence-electron chi connectivity index (χ4n) is 2.56. The van der Waals surface area contributed by atoms with E-state index in [9.17, 15) is 0 Å². The lowest BCUT2D eigenvalue weighted by atomic mass is 9.99. The average molecular weight is 312 g/mol. The summed E-state index contributed by atoms with van der Waals surface area (Å²) in [6.45, 7) is 8.48. The smallest absolute Gasteiger partial charge is 0.171 e. The fourth-order valence-corrected chi connectivity index (χ4v) is 2.82. The maximum atomic E-state index is 5.50. The lowest BCUT2D eigenvalue weighted by Crippen LogP contribution is -2.32. The number of rotatable bonds is 4. The Morgan fingerprint density at radius 1 is 1.05 bits per heavy atom. The summed E-state index contributed by atoms with van der Waals surface area (Å²) < 4.78 is 0. The summed E-state index contributed by atoms with van der Waals surface area (Å²) in [6.07, 6.45) is 0.986. The maximum Gasteiger partial charge on any atom is 0.171 e. The van der Waals surface area contributed by atoms with Gasteiger partial charge in [0.25, 0.3) is 0 Å². The van der Waals surface area contributed by atoms with E-state index in [-0.39, 0.29) is 6.04 Å². The van der Waals surface area contributed by atoms with E-state index in [0.29, 0.717) is 5.11 Å². The number of benzene rings is 2. The molecule has 0 bridgehead atoms. The highest BCUT2D eigenvalue weighted by atomic mass is 32.1. The summed E-state index contributed by atoms with van der Waals surface area (Å²) in [5, 5.41) is 7.43. The van der Waals surface area contributed by atoms with Gasteiger partial charge in [-0.1, -0.05) is 43.3 Å². The highest BCUT2D eigenvalue weighted by Crippen LogP contribution is 2.21. The van der Waals surface area contributed by atoms with Gasteiger partial charge in [-0.25, -0.2) is 0 Å². The predicted octanol–water partition coefficient (Wildman–Crippen LogP) is 5.05. The number of aryl methyl sites for hydroxylation is 3. The van der Waals surface area contributed by atoms with Gasteiger partial charge in [0.1, 0.15) is 0 Å².